The summed E-state index contributed by atoms with van der Waals surface area (Å²) in [5, 5.41) is 21.4. The van der Waals surface area contributed by atoms with E-state index in [9.17, 15) is 33.2 Å². The Morgan fingerprint density at radius 1 is 1.27 bits per heavy atom. The molecule has 0 aromatic heterocycles. The van der Waals surface area contributed by atoms with Crippen LogP contribution in [-0.2, 0) is 9.53 Å². The lowest BCUT2D eigenvalue weighted by Gasteiger charge is -2.11. The van der Waals surface area contributed by atoms with Gasteiger partial charge in [-0.1, -0.05) is 6.92 Å². The number of nitrogens with zero attached hydrogens (tertiary/aromatic N) is 2. The largest absolute Gasteiger partial charge is 0.506 e. The second kappa shape index (κ2) is 8.97. The number of carbonyl (C=O) groups excluding carboxylic acids is 1. The quantitative estimate of drug-likeness (QED) is 0.149. The molecule has 0 fully saturated rings. The molecule has 0 bridgehead atoms. The standard InChI is InChI=1S/C16H17F3N2O5/c1-4-6-26-16(23)9(7-20-5-2)15(22)10-11(17)8(3)12(18)13(19)14(10)21(24)25/h7,22H,4-6H2,1-3H3. The lowest BCUT2D eigenvalue weighted by molar-refractivity contribution is -0.388. The smallest absolute Gasteiger partial charge is 0.343 e. The van der Waals surface area contributed by atoms with Gasteiger partial charge >= 0.3 is 11.7 Å². The van der Waals surface area contributed by atoms with E-state index in [0.717, 1.165) is 13.1 Å². The fraction of sp³-hybridized carbons (Fsp3) is 0.375. The molecule has 0 aliphatic carbocycles. The van der Waals surface area contributed by atoms with Crippen LogP contribution in [0.3, 0.4) is 0 Å². The number of esters is 1. The fourth-order valence-electron chi connectivity index (χ4n) is 1.95. The number of aliphatic hydroxyl groups is 1. The molecule has 7 nitrogen and oxygen atoms in total. The molecule has 1 rings (SSSR count). The molecule has 0 atom stereocenters. The van der Waals surface area contributed by atoms with Crippen LogP contribution in [0.1, 0.15) is 31.4 Å². The zero-order valence-corrected chi connectivity index (χ0v) is 14.3. The molecule has 1 aromatic rings. The van der Waals surface area contributed by atoms with Crippen LogP contribution in [0.5, 0.6) is 0 Å². The first-order valence-electron chi connectivity index (χ1n) is 7.60. The molecule has 0 amide bonds. The molecule has 0 aliphatic rings. The molecule has 142 valence electrons. The molecular formula is C16H17F3N2O5. The summed E-state index contributed by atoms with van der Waals surface area (Å²) in [7, 11) is 0. The Morgan fingerprint density at radius 3 is 2.38 bits per heavy atom. The Hall–Kier alpha value is -2.91. The van der Waals surface area contributed by atoms with Crippen molar-refractivity contribution in [2.24, 2.45) is 4.99 Å². The fourth-order valence-corrected chi connectivity index (χ4v) is 1.95. The van der Waals surface area contributed by atoms with Gasteiger partial charge < -0.3 is 9.84 Å². The second-order valence-electron chi connectivity index (χ2n) is 5.07. The summed E-state index contributed by atoms with van der Waals surface area (Å²) in [5.74, 6) is -7.70. The number of aliphatic hydroxyl groups excluding tert-OH is 1. The highest BCUT2D eigenvalue weighted by molar-refractivity contribution is 6.15. The van der Waals surface area contributed by atoms with Gasteiger partial charge in [-0.25, -0.2) is 13.6 Å². The topological polar surface area (TPSA) is 102 Å². The van der Waals surface area contributed by atoms with Crippen LogP contribution < -0.4 is 0 Å². The Bertz CT molecular complexity index is 791. The molecule has 1 N–H and O–H groups in total. The van der Waals surface area contributed by atoms with Crippen LogP contribution >= 0.6 is 0 Å². The molecule has 0 heterocycles. The van der Waals surface area contributed by atoms with Crippen molar-refractivity contribution in [2.45, 2.75) is 27.2 Å². The third-order valence-corrected chi connectivity index (χ3v) is 3.25. The molecular weight excluding hydrogens is 357 g/mol. The molecule has 0 unspecified atom stereocenters. The van der Waals surface area contributed by atoms with Crippen molar-refractivity contribution < 1.29 is 32.7 Å². The second-order valence-corrected chi connectivity index (χ2v) is 5.07. The summed E-state index contributed by atoms with van der Waals surface area (Å²) in [5.41, 5.74) is -4.48. The highest BCUT2D eigenvalue weighted by atomic mass is 19.2. The van der Waals surface area contributed by atoms with Crippen molar-refractivity contribution in [3.8, 4) is 0 Å². The van der Waals surface area contributed by atoms with Gasteiger partial charge in [0, 0.05) is 18.3 Å². The number of ether oxygens (including phenoxy) is 1. The first-order chi connectivity index (χ1) is 12.2. The van der Waals surface area contributed by atoms with Gasteiger partial charge in [0.2, 0.25) is 5.82 Å². The van der Waals surface area contributed by atoms with Crippen LogP contribution in [0, 0.1) is 34.5 Å². The number of halogens is 3. The number of carbonyl (C=O) groups is 1. The van der Waals surface area contributed by atoms with E-state index < -0.39 is 56.5 Å². The maximum absolute atomic E-state index is 14.4. The van der Waals surface area contributed by atoms with Crippen LogP contribution in [0.15, 0.2) is 10.6 Å². The number of aliphatic imine (C=N–C) groups is 1. The van der Waals surface area contributed by atoms with E-state index in [2.05, 4.69) is 4.99 Å². The Balaban J connectivity index is 3.82. The number of hydrogen-bond acceptors (Lipinski definition) is 6. The minimum atomic E-state index is -1.95. The van der Waals surface area contributed by atoms with Crippen LogP contribution in [0.4, 0.5) is 18.9 Å². The molecule has 0 saturated carbocycles. The normalized spacial score (nSPS) is 12.2. The van der Waals surface area contributed by atoms with Crippen molar-refractivity contribution in [3.63, 3.8) is 0 Å². The molecule has 1 aromatic carbocycles. The molecule has 0 radical (unpaired) electrons. The number of hydrogen-bond donors (Lipinski definition) is 1. The van der Waals surface area contributed by atoms with E-state index in [0.29, 0.717) is 6.42 Å². The van der Waals surface area contributed by atoms with Crippen LogP contribution in [0.2, 0.25) is 0 Å². The molecule has 10 heteroatoms. The van der Waals surface area contributed by atoms with E-state index in [1.807, 2.05) is 0 Å². The lowest BCUT2D eigenvalue weighted by atomic mass is 10.0. The van der Waals surface area contributed by atoms with Crippen LogP contribution in [0.25, 0.3) is 5.76 Å². The van der Waals surface area contributed by atoms with E-state index in [1.54, 1.807) is 13.8 Å². The summed E-state index contributed by atoms with van der Waals surface area (Å²) in [6.45, 7) is 4.24. The molecule has 26 heavy (non-hydrogen) atoms. The van der Waals surface area contributed by atoms with E-state index >= 15 is 0 Å². The predicted octanol–water partition coefficient (Wildman–Crippen LogP) is 3.63. The van der Waals surface area contributed by atoms with Crippen molar-refractivity contribution in [3.05, 3.63) is 44.3 Å². The lowest BCUT2D eigenvalue weighted by Crippen LogP contribution is -2.15. The van der Waals surface area contributed by atoms with E-state index in [-0.39, 0.29) is 13.2 Å². The summed E-state index contributed by atoms with van der Waals surface area (Å²) in [6, 6.07) is 0. The zero-order valence-electron chi connectivity index (χ0n) is 14.3. The Morgan fingerprint density at radius 2 is 1.88 bits per heavy atom. The van der Waals surface area contributed by atoms with Gasteiger partial charge in [-0.15, -0.1) is 0 Å². The van der Waals surface area contributed by atoms with Gasteiger partial charge in [0.1, 0.15) is 22.7 Å². The van der Waals surface area contributed by atoms with Gasteiger partial charge in [-0.3, -0.25) is 15.1 Å². The first kappa shape index (κ1) is 21.1. The summed E-state index contributed by atoms with van der Waals surface area (Å²) >= 11 is 0. The highest BCUT2D eigenvalue weighted by Crippen LogP contribution is 2.35. The van der Waals surface area contributed by atoms with Crippen molar-refractivity contribution >= 4 is 23.6 Å². The first-order valence-corrected chi connectivity index (χ1v) is 7.60. The predicted molar refractivity (Wildman–Crippen MR) is 87.5 cm³/mol. The highest BCUT2D eigenvalue weighted by Gasteiger charge is 2.35. The third kappa shape index (κ3) is 4.19. The molecule has 0 aliphatic heterocycles. The van der Waals surface area contributed by atoms with E-state index in [4.69, 9.17) is 4.74 Å². The number of rotatable bonds is 7. The maximum atomic E-state index is 14.4. The van der Waals surface area contributed by atoms with Crippen molar-refractivity contribution in [2.75, 3.05) is 13.2 Å². The van der Waals surface area contributed by atoms with Crippen LogP contribution in [-0.4, -0.2) is 35.4 Å². The minimum absolute atomic E-state index is 0.0447. The average Bonchev–Trinajstić information content (AvgIpc) is 2.60. The van der Waals surface area contributed by atoms with Crippen molar-refractivity contribution in [1.82, 2.24) is 0 Å². The van der Waals surface area contributed by atoms with Gasteiger partial charge in [-0.05, 0) is 20.3 Å². The van der Waals surface area contributed by atoms with Gasteiger partial charge in [0.25, 0.3) is 0 Å². The Kier molecular flexibility index (Phi) is 7.29. The monoisotopic (exact) mass is 374 g/mol. The average molecular weight is 374 g/mol. The maximum Gasteiger partial charge on any atom is 0.343 e. The van der Waals surface area contributed by atoms with Gasteiger partial charge in [0.05, 0.1) is 11.5 Å². The van der Waals surface area contributed by atoms with Crippen molar-refractivity contribution in [1.29, 1.82) is 0 Å². The van der Waals surface area contributed by atoms with E-state index in [1.165, 1.54) is 0 Å². The summed E-state index contributed by atoms with van der Waals surface area (Å²) in [4.78, 5) is 25.5. The Labute approximate surface area is 147 Å². The van der Waals surface area contributed by atoms with Gasteiger partial charge in [-0.2, -0.15) is 4.39 Å². The number of benzene rings is 1. The summed E-state index contributed by atoms with van der Waals surface area (Å²) < 4.78 is 46.8. The SMILES string of the molecule is CCCOC(=O)C(C=NCC)=C(O)c1c(F)c(C)c(F)c(F)c1[N+](=O)[O-]. The third-order valence-electron chi connectivity index (χ3n) is 3.25. The van der Waals surface area contributed by atoms with Gasteiger partial charge in [0.15, 0.2) is 5.82 Å². The zero-order chi connectivity index (χ0) is 20.0. The number of nitro groups is 1. The summed E-state index contributed by atoms with van der Waals surface area (Å²) in [6.07, 6.45) is 1.26. The molecule has 0 spiro atoms. The minimum Gasteiger partial charge on any atom is -0.506 e. The number of nitro benzene ring substituents is 1. The molecule has 0 saturated heterocycles.